The molecule has 0 saturated heterocycles. The molecule has 0 unspecified atom stereocenters. The number of sulfone groups is 1. The molecule has 0 amide bonds. The highest BCUT2D eigenvalue weighted by atomic mass is 32.2. The summed E-state index contributed by atoms with van der Waals surface area (Å²) in [6, 6.07) is 8.51. The smallest absolute Gasteiger partial charge is 0.189 e. The lowest BCUT2D eigenvalue weighted by Crippen LogP contribution is -2.11. The van der Waals surface area contributed by atoms with E-state index >= 15 is 0 Å². The normalized spacial score (nSPS) is 16.8. The molecule has 3 heteroatoms. The van der Waals surface area contributed by atoms with Gasteiger partial charge < -0.3 is 0 Å². The molecule has 1 aliphatic rings. The van der Waals surface area contributed by atoms with Crippen molar-refractivity contribution in [3.8, 4) is 0 Å². The van der Waals surface area contributed by atoms with E-state index in [0.29, 0.717) is 16.6 Å². The first-order valence-corrected chi connectivity index (χ1v) is 6.19. The van der Waals surface area contributed by atoms with E-state index in [2.05, 4.69) is 0 Å². The molecule has 0 heterocycles. The van der Waals surface area contributed by atoms with Crippen LogP contribution in [0.2, 0.25) is 0 Å². The van der Waals surface area contributed by atoms with E-state index in [9.17, 15) is 8.42 Å². The topological polar surface area (TPSA) is 34.1 Å². The third kappa shape index (κ3) is 2.02. The molecule has 0 N–H and O–H groups in total. The molecule has 0 aromatic heterocycles. The van der Waals surface area contributed by atoms with Crippen molar-refractivity contribution in [2.45, 2.75) is 11.3 Å². The largest absolute Gasteiger partial charge is 0.223 e. The SMILES string of the molecule is O=S(=O)([C]1C=CC=CC1)c1ccccc1. The number of hydrogen-bond acceptors (Lipinski definition) is 2. The summed E-state index contributed by atoms with van der Waals surface area (Å²) < 4.78 is 24.1. The van der Waals surface area contributed by atoms with E-state index in [0.717, 1.165) is 0 Å². The highest BCUT2D eigenvalue weighted by Gasteiger charge is 2.25. The molecule has 1 radical (unpaired) electrons. The van der Waals surface area contributed by atoms with Crippen LogP contribution in [0, 0.1) is 5.25 Å². The van der Waals surface area contributed by atoms with Crippen LogP contribution in [-0.4, -0.2) is 8.42 Å². The van der Waals surface area contributed by atoms with Crippen molar-refractivity contribution in [2.24, 2.45) is 0 Å². The summed E-state index contributed by atoms with van der Waals surface area (Å²) in [6.45, 7) is 0. The first kappa shape index (κ1) is 10.2. The zero-order valence-corrected chi connectivity index (χ0v) is 8.94. The van der Waals surface area contributed by atoms with Crippen LogP contribution in [0.3, 0.4) is 0 Å². The minimum atomic E-state index is -3.28. The number of rotatable bonds is 2. The van der Waals surface area contributed by atoms with Crippen molar-refractivity contribution in [1.29, 1.82) is 0 Å². The van der Waals surface area contributed by atoms with Crippen molar-refractivity contribution >= 4 is 9.84 Å². The van der Waals surface area contributed by atoms with E-state index in [1.165, 1.54) is 0 Å². The fourth-order valence-corrected chi connectivity index (χ4v) is 2.84. The molecule has 1 aliphatic carbocycles. The lowest BCUT2D eigenvalue weighted by Gasteiger charge is -2.12. The zero-order chi connectivity index (χ0) is 10.7. The molecular formula is C12H11O2S. The van der Waals surface area contributed by atoms with Gasteiger partial charge in [-0.2, -0.15) is 0 Å². The Bertz CT molecular complexity index is 484. The van der Waals surface area contributed by atoms with Crippen molar-refractivity contribution in [3.63, 3.8) is 0 Å². The van der Waals surface area contributed by atoms with Crippen LogP contribution in [-0.2, 0) is 9.84 Å². The molecule has 1 aromatic carbocycles. The maximum atomic E-state index is 12.1. The highest BCUT2D eigenvalue weighted by molar-refractivity contribution is 7.94. The summed E-state index contributed by atoms with van der Waals surface area (Å²) in [5.41, 5.74) is 0. The van der Waals surface area contributed by atoms with Crippen LogP contribution in [0.25, 0.3) is 0 Å². The summed E-state index contributed by atoms with van der Waals surface area (Å²) in [6.07, 6.45) is 7.58. The molecule has 1 aromatic rings. The quantitative estimate of drug-likeness (QED) is 0.766. The van der Waals surface area contributed by atoms with E-state index in [1.54, 1.807) is 42.5 Å². The van der Waals surface area contributed by atoms with Crippen LogP contribution in [0.4, 0.5) is 0 Å². The zero-order valence-electron chi connectivity index (χ0n) is 8.13. The second kappa shape index (κ2) is 4.03. The standard InChI is InChI=1S/C12H11O2S/c13-15(14,11-7-3-1-4-8-11)12-9-5-2-6-10-12/h1-9H,10H2. The van der Waals surface area contributed by atoms with Gasteiger partial charge in [0.1, 0.15) is 5.25 Å². The van der Waals surface area contributed by atoms with Gasteiger partial charge in [-0.05, 0) is 18.6 Å². The van der Waals surface area contributed by atoms with Gasteiger partial charge in [-0.1, -0.05) is 42.5 Å². The van der Waals surface area contributed by atoms with Crippen molar-refractivity contribution in [1.82, 2.24) is 0 Å². The molecule has 0 fully saturated rings. The second-order valence-electron chi connectivity index (χ2n) is 3.27. The summed E-state index contributed by atoms with van der Waals surface area (Å²) >= 11 is 0. The summed E-state index contributed by atoms with van der Waals surface area (Å²) in [5, 5.41) is 0.455. The van der Waals surface area contributed by atoms with Crippen molar-refractivity contribution in [3.05, 3.63) is 59.9 Å². The predicted molar refractivity (Wildman–Crippen MR) is 59.8 cm³/mol. The highest BCUT2D eigenvalue weighted by Crippen LogP contribution is 2.27. The monoisotopic (exact) mass is 219 g/mol. The molecular weight excluding hydrogens is 208 g/mol. The molecule has 2 rings (SSSR count). The Morgan fingerprint density at radius 3 is 2.33 bits per heavy atom. The summed E-state index contributed by atoms with van der Waals surface area (Å²) in [7, 11) is -3.28. The van der Waals surface area contributed by atoms with Crippen LogP contribution in [0.15, 0.2) is 59.5 Å². The molecule has 0 atom stereocenters. The molecule has 2 nitrogen and oxygen atoms in total. The maximum Gasteiger partial charge on any atom is 0.189 e. The summed E-state index contributed by atoms with van der Waals surface area (Å²) in [5.74, 6) is 0. The van der Waals surface area contributed by atoms with Gasteiger partial charge in [-0.15, -0.1) is 0 Å². The number of benzene rings is 1. The Morgan fingerprint density at radius 1 is 1.00 bits per heavy atom. The van der Waals surface area contributed by atoms with Gasteiger partial charge in [-0.3, -0.25) is 0 Å². The number of hydrogen-bond donors (Lipinski definition) is 0. The van der Waals surface area contributed by atoms with E-state index in [1.807, 2.05) is 12.2 Å². The van der Waals surface area contributed by atoms with E-state index in [4.69, 9.17) is 0 Å². The number of allylic oxidation sites excluding steroid dienone is 3. The van der Waals surface area contributed by atoms with E-state index in [-0.39, 0.29) is 0 Å². The van der Waals surface area contributed by atoms with Gasteiger partial charge in [-0.25, -0.2) is 8.42 Å². The Hall–Kier alpha value is -1.35. The Balaban J connectivity index is 2.36. The average Bonchev–Trinajstić information content (AvgIpc) is 2.31. The van der Waals surface area contributed by atoms with Gasteiger partial charge in [0.05, 0.1) is 4.90 Å². The predicted octanol–water partition coefficient (Wildman–Crippen LogP) is 2.51. The molecule has 0 saturated carbocycles. The fourth-order valence-electron chi connectivity index (χ4n) is 1.44. The van der Waals surface area contributed by atoms with Gasteiger partial charge in [0.25, 0.3) is 0 Å². The maximum absolute atomic E-state index is 12.1. The van der Waals surface area contributed by atoms with Crippen molar-refractivity contribution < 1.29 is 8.42 Å². The lowest BCUT2D eigenvalue weighted by molar-refractivity contribution is 0.597. The minimum absolute atomic E-state index is 0.361. The summed E-state index contributed by atoms with van der Waals surface area (Å²) in [4.78, 5) is 0.361. The first-order chi connectivity index (χ1) is 7.21. The van der Waals surface area contributed by atoms with Crippen LogP contribution in [0.5, 0.6) is 0 Å². The van der Waals surface area contributed by atoms with Crippen molar-refractivity contribution in [2.75, 3.05) is 0 Å². The van der Waals surface area contributed by atoms with Gasteiger partial charge >= 0.3 is 0 Å². The van der Waals surface area contributed by atoms with Gasteiger partial charge in [0, 0.05) is 0 Å². The fraction of sp³-hybridized carbons (Fsp3) is 0.0833. The van der Waals surface area contributed by atoms with Crippen LogP contribution < -0.4 is 0 Å². The van der Waals surface area contributed by atoms with Gasteiger partial charge in [0.2, 0.25) is 0 Å². The Labute approximate surface area is 89.9 Å². The third-order valence-corrected chi connectivity index (χ3v) is 4.13. The molecule has 77 valence electrons. The third-order valence-electron chi connectivity index (χ3n) is 2.25. The van der Waals surface area contributed by atoms with Gasteiger partial charge in [0.15, 0.2) is 9.84 Å². The molecule has 15 heavy (non-hydrogen) atoms. The van der Waals surface area contributed by atoms with Crippen LogP contribution >= 0.6 is 0 Å². The van der Waals surface area contributed by atoms with Crippen LogP contribution in [0.1, 0.15) is 6.42 Å². The Morgan fingerprint density at radius 2 is 1.73 bits per heavy atom. The minimum Gasteiger partial charge on any atom is -0.223 e. The Kier molecular flexibility index (Phi) is 2.73. The van der Waals surface area contributed by atoms with E-state index < -0.39 is 9.84 Å². The molecule has 0 aliphatic heterocycles. The molecule has 0 spiro atoms. The average molecular weight is 219 g/mol. The second-order valence-corrected chi connectivity index (χ2v) is 5.28. The first-order valence-electron chi connectivity index (χ1n) is 4.70. The molecule has 0 bridgehead atoms. The lowest BCUT2D eigenvalue weighted by atomic mass is 10.2.